The maximum atomic E-state index is 15.2. The Bertz CT molecular complexity index is 869. The van der Waals surface area contributed by atoms with E-state index in [0.717, 1.165) is 30.4 Å². The van der Waals surface area contributed by atoms with Crippen molar-refractivity contribution in [2.24, 2.45) is 5.41 Å². The minimum atomic E-state index is -1.71. The largest absolute Gasteiger partial charge is 0.448 e. The minimum Gasteiger partial charge on any atom is -0.448 e. The van der Waals surface area contributed by atoms with Gasteiger partial charge in [0.25, 0.3) is 0 Å². The monoisotopic (exact) mass is 381 g/mol. The molecule has 3 aliphatic rings. The topological polar surface area (TPSA) is 49.8 Å². The van der Waals surface area contributed by atoms with E-state index in [1.54, 1.807) is 0 Å². The molecule has 1 unspecified atom stereocenters. The fraction of sp³-hybridized carbons (Fsp3) is 0.435. The Kier molecular flexibility index (Phi) is 3.98. The number of likely N-dealkylation sites (tertiary alicyclic amines) is 1. The Morgan fingerprint density at radius 3 is 2.18 bits per heavy atom. The normalized spacial score (nSPS) is 24.7. The molecule has 0 bridgehead atoms. The van der Waals surface area contributed by atoms with Crippen molar-refractivity contribution in [3.8, 4) is 11.1 Å². The fourth-order valence-electron chi connectivity index (χ4n) is 5.27. The van der Waals surface area contributed by atoms with E-state index < -0.39 is 23.8 Å². The van der Waals surface area contributed by atoms with Crippen molar-refractivity contribution < 1.29 is 19.0 Å². The van der Waals surface area contributed by atoms with E-state index in [9.17, 15) is 9.90 Å². The summed E-state index contributed by atoms with van der Waals surface area (Å²) in [5, 5.41) is 9.59. The lowest BCUT2D eigenvalue weighted by molar-refractivity contribution is -0.0588. The molecule has 1 amide bonds. The van der Waals surface area contributed by atoms with Gasteiger partial charge < -0.3 is 14.7 Å². The van der Waals surface area contributed by atoms with Crippen molar-refractivity contribution in [2.75, 3.05) is 26.3 Å². The second-order valence-corrected chi connectivity index (χ2v) is 8.42. The van der Waals surface area contributed by atoms with Crippen LogP contribution in [0.1, 0.15) is 36.3 Å². The number of halogens is 1. The van der Waals surface area contributed by atoms with Gasteiger partial charge in [0, 0.05) is 17.9 Å². The van der Waals surface area contributed by atoms with Gasteiger partial charge in [-0.1, -0.05) is 55.0 Å². The number of hydrogen-bond donors (Lipinski definition) is 1. The van der Waals surface area contributed by atoms with Crippen LogP contribution in [0.25, 0.3) is 11.1 Å². The number of amides is 1. The number of alkyl halides is 1. The quantitative estimate of drug-likeness (QED) is 0.870. The van der Waals surface area contributed by atoms with E-state index >= 15 is 4.39 Å². The average molecular weight is 381 g/mol. The smallest absolute Gasteiger partial charge is 0.409 e. The molecule has 1 saturated heterocycles. The first-order valence-electron chi connectivity index (χ1n) is 9.97. The predicted octanol–water partition coefficient (Wildman–Crippen LogP) is 4.12. The fourth-order valence-corrected chi connectivity index (χ4v) is 5.27. The number of rotatable bonds is 3. The lowest BCUT2D eigenvalue weighted by atomic mass is 9.61. The first kappa shape index (κ1) is 17.7. The highest BCUT2D eigenvalue weighted by atomic mass is 19.1. The van der Waals surface area contributed by atoms with Gasteiger partial charge in [-0.3, -0.25) is 0 Å². The van der Waals surface area contributed by atoms with E-state index in [1.165, 1.54) is 16.0 Å². The molecule has 1 heterocycles. The zero-order valence-corrected chi connectivity index (χ0v) is 15.7. The van der Waals surface area contributed by atoms with Crippen LogP contribution >= 0.6 is 0 Å². The van der Waals surface area contributed by atoms with Crippen LogP contribution in [0, 0.1) is 5.41 Å². The van der Waals surface area contributed by atoms with Crippen molar-refractivity contribution in [3.05, 3.63) is 59.7 Å². The number of hydrogen-bond acceptors (Lipinski definition) is 3. The molecule has 28 heavy (non-hydrogen) atoms. The van der Waals surface area contributed by atoms with Crippen molar-refractivity contribution in [3.63, 3.8) is 0 Å². The molecule has 0 aromatic heterocycles. The number of aliphatic hydroxyl groups excluding tert-OH is 1. The van der Waals surface area contributed by atoms with Crippen molar-refractivity contribution >= 4 is 6.09 Å². The van der Waals surface area contributed by atoms with Crippen molar-refractivity contribution in [1.29, 1.82) is 0 Å². The number of aliphatic hydroxyl groups is 1. The van der Waals surface area contributed by atoms with E-state index in [-0.39, 0.29) is 19.1 Å². The van der Waals surface area contributed by atoms with E-state index in [1.807, 2.05) is 24.3 Å². The maximum Gasteiger partial charge on any atom is 0.409 e. The van der Waals surface area contributed by atoms with Gasteiger partial charge in [-0.2, -0.15) is 0 Å². The molecule has 2 aromatic carbocycles. The summed E-state index contributed by atoms with van der Waals surface area (Å²) in [6.07, 6.45) is 1.90. The highest BCUT2D eigenvalue weighted by molar-refractivity contribution is 5.79. The molecule has 2 aliphatic carbocycles. The molecule has 146 valence electrons. The van der Waals surface area contributed by atoms with Crippen LogP contribution in [0.2, 0.25) is 0 Å². The third-order valence-corrected chi connectivity index (χ3v) is 7.04. The second kappa shape index (κ2) is 6.31. The Labute approximate surface area is 163 Å². The van der Waals surface area contributed by atoms with Gasteiger partial charge in [-0.05, 0) is 35.1 Å². The Morgan fingerprint density at radius 2 is 1.68 bits per heavy atom. The van der Waals surface area contributed by atoms with Gasteiger partial charge in [-0.15, -0.1) is 0 Å². The standard InChI is InChI=1S/C23H24FNO3/c24-23(15-26)14-25(13-22(23)10-5-11-22)21(27)28-12-20-18-8-3-1-6-16(18)17-7-2-4-9-19(17)20/h1-4,6-9,20,26H,5,10-15H2. The van der Waals surface area contributed by atoms with Gasteiger partial charge in [0.1, 0.15) is 6.61 Å². The summed E-state index contributed by atoms with van der Waals surface area (Å²) in [5.74, 6) is -0.00964. The molecule has 1 N–H and O–H groups in total. The summed E-state index contributed by atoms with van der Waals surface area (Å²) in [6.45, 7) is -0.0597. The van der Waals surface area contributed by atoms with Crippen LogP contribution < -0.4 is 0 Å². The molecule has 0 radical (unpaired) electrons. The van der Waals surface area contributed by atoms with Crippen molar-refractivity contribution in [2.45, 2.75) is 30.8 Å². The van der Waals surface area contributed by atoms with Crippen LogP contribution in [-0.2, 0) is 4.74 Å². The summed E-state index contributed by atoms with van der Waals surface area (Å²) in [7, 11) is 0. The van der Waals surface area contributed by atoms with E-state index in [4.69, 9.17) is 4.74 Å². The lowest BCUT2D eigenvalue weighted by Gasteiger charge is -2.45. The molecule has 2 fully saturated rings. The lowest BCUT2D eigenvalue weighted by Crippen LogP contribution is -2.50. The zero-order chi connectivity index (χ0) is 19.4. The molecular weight excluding hydrogens is 357 g/mol. The van der Waals surface area contributed by atoms with Crippen LogP contribution in [-0.4, -0.2) is 48.1 Å². The molecule has 1 saturated carbocycles. The summed E-state index contributed by atoms with van der Waals surface area (Å²) < 4.78 is 20.9. The molecule has 5 heteroatoms. The number of nitrogens with zero attached hydrogens (tertiary/aromatic N) is 1. The molecular formula is C23H24FNO3. The van der Waals surface area contributed by atoms with Gasteiger partial charge in [-0.25, -0.2) is 9.18 Å². The van der Waals surface area contributed by atoms with Crippen LogP contribution in [0.3, 0.4) is 0 Å². The number of fused-ring (bicyclic) bond motifs is 3. The first-order valence-corrected chi connectivity index (χ1v) is 9.97. The summed E-state index contributed by atoms with van der Waals surface area (Å²) >= 11 is 0. The number of ether oxygens (including phenoxy) is 1. The zero-order valence-electron chi connectivity index (χ0n) is 15.7. The second-order valence-electron chi connectivity index (χ2n) is 8.42. The molecule has 1 spiro atoms. The maximum absolute atomic E-state index is 15.2. The van der Waals surface area contributed by atoms with Gasteiger partial charge in [0.15, 0.2) is 5.67 Å². The van der Waals surface area contributed by atoms with Gasteiger partial charge >= 0.3 is 6.09 Å². The minimum absolute atomic E-state index is 0.00964. The molecule has 5 rings (SSSR count). The molecule has 1 aliphatic heterocycles. The van der Waals surface area contributed by atoms with Gasteiger partial charge in [0.05, 0.1) is 13.2 Å². The predicted molar refractivity (Wildman–Crippen MR) is 104 cm³/mol. The van der Waals surface area contributed by atoms with Crippen LogP contribution in [0.15, 0.2) is 48.5 Å². The third-order valence-electron chi connectivity index (χ3n) is 7.04. The highest BCUT2D eigenvalue weighted by Gasteiger charge is 2.62. The van der Waals surface area contributed by atoms with Crippen molar-refractivity contribution in [1.82, 2.24) is 4.90 Å². The Hall–Kier alpha value is -2.40. The Morgan fingerprint density at radius 1 is 1.07 bits per heavy atom. The number of benzene rings is 2. The summed E-state index contributed by atoms with van der Waals surface area (Å²) in [6, 6.07) is 16.4. The van der Waals surface area contributed by atoms with Crippen LogP contribution in [0.5, 0.6) is 0 Å². The molecule has 2 aromatic rings. The SMILES string of the molecule is O=C(OCC1c2ccccc2-c2ccccc21)N1CC(F)(CO)C2(CCC2)C1. The van der Waals surface area contributed by atoms with E-state index in [2.05, 4.69) is 24.3 Å². The Balaban J connectivity index is 1.33. The van der Waals surface area contributed by atoms with Crippen LogP contribution in [0.4, 0.5) is 9.18 Å². The first-order chi connectivity index (χ1) is 13.6. The van der Waals surface area contributed by atoms with Gasteiger partial charge in [0.2, 0.25) is 0 Å². The molecule has 4 nitrogen and oxygen atoms in total. The number of carbonyl (C=O) groups is 1. The third kappa shape index (κ3) is 2.42. The summed E-state index contributed by atoms with van der Waals surface area (Å²) in [5.41, 5.74) is 2.37. The molecule has 1 atom stereocenters. The average Bonchev–Trinajstić information content (AvgIpc) is 3.19. The number of carbonyl (C=O) groups excluding carboxylic acids is 1. The van der Waals surface area contributed by atoms with E-state index in [0.29, 0.717) is 6.54 Å². The highest BCUT2D eigenvalue weighted by Crippen LogP contribution is 2.55. The summed E-state index contributed by atoms with van der Waals surface area (Å²) in [4.78, 5) is 14.2.